The third-order valence-corrected chi connectivity index (χ3v) is 1.87. The van der Waals surface area contributed by atoms with Crippen LogP contribution in [0.25, 0.3) is 0 Å². The molecule has 0 amide bonds. The van der Waals surface area contributed by atoms with Gasteiger partial charge in [-0.2, -0.15) is 0 Å². The number of Topliss-reactive ketones (excluding diaryl/α,β-unsaturated/α-hetero) is 1. The number of carbonyl (C=O) groups is 1. The summed E-state index contributed by atoms with van der Waals surface area (Å²) in [5.74, 6) is 0.406. The van der Waals surface area contributed by atoms with E-state index in [9.17, 15) is 4.79 Å². The Labute approximate surface area is 64.5 Å². The number of nitrogens with zero attached hydrogens (tertiary/aromatic N) is 1. The Morgan fingerprint density at radius 3 is 2.00 bits per heavy atom. The molecule has 0 spiro atoms. The molecule has 0 N–H and O–H groups in total. The van der Waals surface area contributed by atoms with E-state index in [1.165, 1.54) is 0 Å². The van der Waals surface area contributed by atoms with Crippen LogP contribution in [0.5, 0.6) is 0 Å². The zero-order chi connectivity index (χ0) is 7.98. The van der Waals surface area contributed by atoms with Crippen LogP contribution < -0.4 is 0 Å². The van der Waals surface area contributed by atoms with Crippen LogP contribution in [0.1, 0.15) is 12.8 Å². The molecule has 0 bridgehead atoms. The highest BCUT2D eigenvalue weighted by atomic mass is 31.0. The smallest absolute Gasteiger partial charge is 0.135 e. The zero-order valence-electron chi connectivity index (χ0n) is 6.18. The maximum absolute atomic E-state index is 10.6. The molecule has 0 aromatic rings. The molecule has 2 nitrogen and oxygen atoms in total. The molecule has 1 unspecified atom stereocenters. The van der Waals surface area contributed by atoms with Crippen LogP contribution in [0, 0.1) is 0 Å². The van der Waals surface area contributed by atoms with Gasteiger partial charge in [-0.1, -0.05) is 9.39 Å². The minimum atomic E-state index is 0.406. The molecule has 58 valence electrons. The summed E-state index contributed by atoms with van der Waals surface area (Å²) in [6, 6.07) is 0. The molecule has 10 heavy (non-hydrogen) atoms. The molecule has 1 aliphatic heterocycles. The van der Waals surface area contributed by atoms with Crippen LogP contribution in [0.3, 0.4) is 0 Å². The monoisotopic (exact) mass is 159 g/mol. The van der Waals surface area contributed by atoms with E-state index < -0.39 is 0 Å². The number of ketones is 1. The van der Waals surface area contributed by atoms with Gasteiger partial charge >= 0.3 is 0 Å². The fourth-order valence-corrected chi connectivity index (χ4v) is 1.03. The first-order chi connectivity index (χ1) is 4.79. The predicted molar refractivity (Wildman–Crippen MR) is 46.8 cm³/mol. The van der Waals surface area contributed by atoms with Crippen molar-refractivity contribution >= 4 is 15.2 Å². The quantitative estimate of drug-likeness (QED) is 0.391. The lowest BCUT2D eigenvalue weighted by atomic mass is 10.1. The van der Waals surface area contributed by atoms with Crippen LogP contribution in [0.15, 0.2) is 13.2 Å². The number of rotatable bonds is 0. The van der Waals surface area contributed by atoms with E-state index in [2.05, 4.69) is 27.2 Å². The Hall–Kier alpha value is -0.200. The number of hydrogen-bond donors (Lipinski definition) is 0. The predicted octanol–water partition coefficient (Wildman–Crippen LogP) is 1.24. The van der Waals surface area contributed by atoms with E-state index >= 15 is 0 Å². The molecular formula is C7H14NOP. The molecule has 0 radical (unpaired) electrons. The van der Waals surface area contributed by atoms with E-state index in [0.717, 1.165) is 25.9 Å². The molecule has 1 atom stereocenters. The van der Waals surface area contributed by atoms with Gasteiger partial charge in [-0.15, -0.1) is 13.2 Å². The first-order valence-corrected chi connectivity index (χ1v) is 3.82. The van der Waals surface area contributed by atoms with Crippen LogP contribution in [-0.4, -0.2) is 23.5 Å². The minimum absolute atomic E-state index is 0.406. The largest absolute Gasteiger partial charge is 0.300 e. The van der Waals surface area contributed by atoms with E-state index in [0.29, 0.717) is 5.78 Å². The Morgan fingerprint density at radius 1 is 1.30 bits per heavy atom. The van der Waals surface area contributed by atoms with Crippen molar-refractivity contribution in [1.82, 2.24) is 4.67 Å². The van der Waals surface area contributed by atoms with Crippen molar-refractivity contribution in [1.29, 1.82) is 0 Å². The molecule has 0 saturated carbocycles. The highest BCUT2D eigenvalue weighted by molar-refractivity contribution is 7.13. The Kier molecular flexibility index (Phi) is 5.46. The van der Waals surface area contributed by atoms with Crippen LogP contribution >= 0.6 is 9.39 Å². The van der Waals surface area contributed by atoms with Gasteiger partial charge < -0.3 is 0 Å². The van der Waals surface area contributed by atoms with Crippen LogP contribution in [-0.2, 0) is 4.79 Å². The Bertz CT molecular complexity index is 106. The minimum Gasteiger partial charge on any atom is -0.300 e. The van der Waals surface area contributed by atoms with Crippen molar-refractivity contribution in [3.63, 3.8) is 0 Å². The maximum atomic E-state index is 10.6. The Balaban J connectivity index is 0.000000371. The summed E-state index contributed by atoms with van der Waals surface area (Å²) in [4.78, 5) is 10.6. The number of carbonyl (C=O) groups excluding carboxylic acids is 1. The van der Waals surface area contributed by atoms with Crippen molar-refractivity contribution in [3.8, 4) is 0 Å². The van der Waals surface area contributed by atoms with Gasteiger partial charge in [0.05, 0.1) is 0 Å². The van der Waals surface area contributed by atoms with E-state index in [4.69, 9.17) is 0 Å². The summed E-state index contributed by atoms with van der Waals surface area (Å²) in [7, 11) is 2.60. The van der Waals surface area contributed by atoms with Gasteiger partial charge in [-0.05, 0) is 0 Å². The fraction of sp³-hybridized carbons (Fsp3) is 0.571. The maximum Gasteiger partial charge on any atom is 0.135 e. The lowest BCUT2D eigenvalue weighted by molar-refractivity contribution is -0.120. The second kappa shape index (κ2) is 5.57. The van der Waals surface area contributed by atoms with Gasteiger partial charge in [0.1, 0.15) is 5.78 Å². The molecule has 1 heterocycles. The van der Waals surface area contributed by atoms with Crippen LogP contribution in [0.4, 0.5) is 0 Å². The standard InChI is InChI=1S/C5H10NOP.C2H4/c7-5-1-3-6(8)4-2-5;1-2/h1-4,8H2;1-2H2. The van der Waals surface area contributed by atoms with E-state index in [1.807, 2.05) is 0 Å². The van der Waals surface area contributed by atoms with Crippen LogP contribution in [0.2, 0.25) is 0 Å². The molecular weight excluding hydrogens is 145 g/mol. The van der Waals surface area contributed by atoms with Crippen molar-refractivity contribution in [2.24, 2.45) is 0 Å². The topological polar surface area (TPSA) is 20.3 Å². The van der Waals surface area contributed by atoms with Crippen molar-refractivity contribution in [2.45, 2.75) is 12.8 Å². The fourth-order valence-electron chi connectivity index (χ4n) is 0.773. The average Bonchev–Trinajstić information content (AvgIpc) is 2.00. The van der Waals surface area contributed by atoms with Gasteiger partial charge in [-0.25, -0.2) is 0 Å². The molecule has 3 heteroatoms. The molecule has 1 rings (SSSR count). The molecule has 1 saturated heterocycles. The van der Waals surface area contributed by atoms with Crippen molar-refractivity contribution in [3.05, 3.63) is 13.2 Å². The number of piperidine rings is 1. The summed E-state index contributed by atoms with van der Waals surface area (Å²) < 4.78 is 2.10. The molecule has 0 aromatic carbocycles. The van der Waals surface area contributed by atoms with Crippen molar-refractivity contribution < 1.29 is 4.79 Å². The van der Waals surface area contributed by atoms with Gasteiger partial charge in [0, 0.05) is 25.9 Å². The lowest BCUT2D eigenvalue weighted by Crippen LogP contribution is -2.25. The third-order valence-electron chi connectivity index (χ3n) is 1.36. The Morgan fingerprint density at radius 2 is 1.70 bits per heavy atom. The van der Waals surface area contributed by atoms with Gasteiger partial charge in [0.2, 0.25) is 0 Å². The highest BCUT2D eigenvalue weighted by Gasteiger charge is 2.11. The average molecular weight is 159 g/mol. The normalized spacial score (nSPS) is 19.5. The molecule has 0 aliphatic carbocycles. The summed E-state index contributed by atoms with van der Waals surface area (Å²) in [5.41, 5.74) is 0. The van der Waals surface area contributed by atoms with Gasteiger partial charge in [0.15, 0.2) is 0 Å². The van der Waals surface area contributed by atoms with E-state index in [-0.39, 0.29) is 0 Å². The summed E-state index contributed by atoms with van der Waals surface area (Å²) in [6.07, 6.45) is 1.48. The molecule has 1 aliphatic rings. The second-order valence-corrected chi connectivity index (χ2v) is 2.80. The first-order valence-electron chi connectivity index (χ1n) is 3.30. The SMILES string of the molecule is C=C.O=C1CCN(P)CC1. The van der Waals surface area contributed by atoms with Gasteiger partial charge in [-0.3, -0.25) is 9.46 Å². The van der Waals surface area contributed by atoms with E-state index in [1.54, 1.807) is 0 Å². The zero-order valence-corrected chi connectivity index (χ0v) is 7.33. The summed E-state index contributed by atoms with van der Waals surface area (Å²) in [5, 5.41) is 0. The lowest BCUT2D eigenvalue weighted by Gasteiger charge is -2.19. The molecule has 1 fully saturated rings. The summed E-state index contributed by atoms with van der Waals surface area (Å²) in [6.45, 7) is 7.84. The number of hydrogen-bond acceptors (Lipinski definition) is 2. The first kappa shape index (κ1) is 9.80. The molecule has 0 aromatic heterocycles. The van der Waals surface area contributed by atoms with Gasteiger partial charge in [0.25, 0.3) is 0 Å². The van der Waals surface area contributed by atoms with Crippen molar-refractivity contribution in [2.75, 3.05) is 13.1 Å². The third kappa shape index (κ3) is 3.76. The summed E-state index contributed by atoms with van der Waals surface area (Å²) >= 11 is 0. The highest BCUT2D eigenvalue weighted by Crippen LogP contribution is 2.08. The second-order valence-electron chi connectivity index (χ2n) is 2.07.